The molecule has 0 heterocycles. The summed E-state index contributed by atoms with van der Waals surface area (Å²) in [5.74, 6) is 0. The number of rotatable bonds is 1. The molecule has 0 radical (unpaired) electrons. The maximum Gasteiger partial charge on any atom is 0.0311 e. The summed E-state index contributed by atoms with van der Waals surface area (Å²) in [5.41, 5.74) is 0. The second kappa shape index (κ2) is 17.0. The molecule has 0 spiro atoms. The van der Waals surface area contributed by atoms with E-state index in [1.54, 1.807) is 0 Å². The highest BCUT2D eigenvalue weighted by molar-refractivity contribution is 7.79. The molecule has 0 aromatic carbocycles. The summed E-state index contributed by atoms with van der Waals surface area (Å²) in [6.45, 7) is 1.94. The van der Waals surface area contributed by atoms with Crippen LogP contribution in [0.4, 0.5) is 0 Å². The van der Waals surface area contributed by atoms with Crippen molar-refractivity contribution in [1.29, 1.82) is 0 Å². The van der Waals surface area contributed by atoms with E-state index in [0.29, 0.717) is 0 Å². The Morgan fingerprint density at radius 2 is 1.17 bits per heavy atom. The topological polar surface area (TPSA) is 213 Å². The van der Waals surface area contributed by atoms with Crippen LogP contribution >= 0.6 is 0 Å². The number of quaternary nitrogens is 3. The quantitative estimate of drug-likeness (QED) is 0.385. The van der Waals surface area contributed by atoms with Gasteiger partial charge in [-0.15, -0.1) is 6.61 Å². The number of hydrogen-bond acceptors (Lipinski definition) is 5. The van der Waals surface area contributed by atoms with E-state index < -0.39 is 10.4 Å². The van der Waals surface area contributed by atoms with Crippen LogP contribution in [0.5, 0.6) is 0 Å². The molecule has 0 aliphatic heterocycles. The lowest BCUT2D eigenvalue weighted by Gasteiger charge is -2.06. The highest BCUT2D eigenvalue weighted by atomic mass is 32.3. The Bertz CT molecular complexity index is 125. The molecule has 12 heavy (non-hydrogen) atoms. The van der Waals surface area contributed by atoms with Crippen LogP contribution in [0, 0.1) is 0 Å². The van der Waals surface area contributed by atoms with E-state index in [4.69, 9.17) is 17.5 Å². The van der Waals surface area contributed by atoms with E-state index >= 15 is 0 Å². The van der Waals surface area contributed by atoms with Crippen molar-refractivity contribution in [3.63, 3.8) is 0 Å². The van der Waals surface area contributed by atoms with E-state index in [9.17, 15) is 5.11 Å². The summed E-state index contributed by atoms with van der Waals surface area (Å²) in [4.78, 5) is 0. The van der Waals surface area contributed by atoms with Crippen LogP contribution in [0.2, 0.25) is 0 Å². The average molecular weight is 209 g/mol. The van der Waals surface area contributed by atoms with Crippen LogP contribution in [0.3, 0.4) is 0 Å². The van der Waals surface area contributed by atoms with Gasteiger partial charge in [0, 0.05) is 10.4 Å². The second-order valence-corrected chi connectivity index (χ2v) is 1.93. The molecule has 0 saturated heterocycles. The van der Waals surface area contributed by atoms with Crippen molar-refractivity contribution in [1.82, 2.24) is 18.5 Å². The predicted octanol–water partition coefficient (Wildman–Crippen LogP) is -0.453. The van der Waals surface area contributed by atoms with E-state index in [0.717, 1.165) is 6.42 Å². The summed E-state index contributed by atoms with van der Waals surface area (Å²) in [5, 5.41) is 9.30. The zero-order valence-corrected chi connectivity index (χ0v) is 8.68. The first-order valence-corrected chi connectivity index (χ1v) is 3.50. The molecule has 0 saturated carbocycles. The molecule has 0 fully saturated rings. The molecule has 9 heteroatoms. The van der Waals surface area contributed by atoms with Gasteiger partial charge in [-0.05, 0) is 0 Å². The van der Waals surface area contributed by atoms with Crippen molar-refractivity contribution < 1.29 is 22.6 Å². The molecule has 0 unspecified atom stereocenters. The molecule has 0 amide bonds. The van der Waals surface area contributed by atoms with Crippen molar-refractivity contribution in [2.45, 2.75) is 13.3 Å². The molecule has 12 N–H and O–H groups in total. The molecular weight excluding hydrogens is 190 g/mol. The standard InChI is InChI=1S/C3H7O.3H3N.H2O4S/c1-2-3-4;;;;1-5(2,3)4/h2-3H2,1H3;3*1H3;(H2,1,2,3,4)/q-1;;;;/p+1. The van der Waals surface area contributed by atoms with E-state index in [2.05, 4.69) is 0 Å². The highest BCUT2D eigenvalue weighted by Gasteiger charge is 1.49. The van der Waals surface area contributed by atoms with Crippen molar-refractivity contribution in [2.75, 3.05) is 6.61 Å². The first-order valence-electron chi connectivity index (χ1n) is 2.16. The van der Waals surface area contributed by atoms with Gasteiger partial charge in [-0.2, -0.15) is 0 Å². The van der Waals surface area contributed by atoms with Crippen LogP contribution in [-0.2, 0) is 10.4 Å². The minimum absolute atomic E-state index is 0. The van der Waals surface area contributed by atoms with Crippen molar-refractivity contribution in [3.8, 4) is 0 Å². The third-order valence-corrected chi connectivity index (χ3v) is 0.204. The summed E-state index contributed by atoms with van der Waals surface area (Å²) in [6, 6.07) is 0. The maximum atomic E-state index is 9.30. The summed E-state index contributed by atoms with van der Waals surface area (Å²) in [6.07, 6.45) is 0.764. The van der Waals surface area contributed by atoms with Gasteiger partial charge in [0.05, 0.1) is 0 Å². The highest BCUT2D eigenvalue weighted by Crippen LogP contribution is 1.57. The molecule has 82 valence electrons. The van der Waals surface area contributed by atoms with E-state index in [1.165, 1.54) is 0 Å². The van der Waals surface area contributed by atoms with Gasteiger partial charge in [-0.3, -0.25) is 8.42 Å². The molecule has 0 aliphatic rings. The van der Waals surface area contributed by atoms with Crippen LogP contribution < -0.4 is 23.6 Å². The molecule has 0 atom stereocenters. The minimum Gasteiger partial charge on any atom is -0.854 e. The molecule has 0 aliphatic carbocycles. The van der Waals surface area contributed by atoms with Crippen LogP contribution in [-0.4, -0.2) is 24.1 Å². The molecule has 0 rings (SSSR count). The Labute approximate surface area is 72.3 Å². The van der Waals surface area contributed by atoms with Gasteiger partial charge in [0.1, 0.15) is 0 Å². The average Bonchev–Trinajstić information content (AvgIpc) is 1.61. The Balaban J connectivity index is -0.0000000221. The first-order chi connectivity index (χ1) is 3.91. The van der Waals surface area contributed by atoms with E-state index in [1.807, 2.05) is 6.92 Å². The largest absolute Gasteiger partial charge is 0.854 e. The van der Waals surface area contributed by atoms with Gasteiger partial charge in [0.15, 0.2) is 0 Å². The van der Waals surface area contributed by atoms with Gasteiger partial charge < -0.3 is 32.7 Å². The lowest BCUT2D eigenvalue weighted by Crippen LogP contribution is -2.01. The van der Waals surface area contributed by atoms with Gasteiger partial charge in [0.25, 0.3) is 0 Å². The first kappa shape index (κ1) is 29.8. The van der Waals surface area contributed by atoms with Crippen molar-refractivity contribution >= 4 is 10.4 Å². The van der Waals surface area contributed by atoms with Gasteiger partial charge in [-0.1, -0.05) is 13.3 Å². The molecule has 0 aromatic heterocycles. The Morgan fingerprint density at radius 3 is 1.17 bits per heavy atom. The normalized spacial score (nSPS) is 7.33. The smallest absolute Gasteiger partial charge is 0.0311 e. The fourth-order valence-electron chi connectivity index (χ4n) is 0. The Morgan fingerprint density at radius 1 is 1.08 bits per heavy atom. The summed E-state index contributed by atoms with van der Waals surface area (Å²) < 4.78 is 34.1. The van der Waals surface area contributed by atoms with E-state index in [-0.39, 0.29) is 25.1 Å². The second-order valence-electron chi connectivity index (χ2n) is 1.11. The third kappa shape index (κ3) is 1460. The molecule has 0 bridgehead atoms. The Kier molecular flexibility index (Phi) is 42.2. The fraction of sp³-hybridized carbons (Fsp3) is 1.00. The van der Waals surface area contributed by atoms with Crippen LogP contribution in [0.25, 0.3) is 0 Å². The molecule has 8 nitrogen and oxygen atoms in total. The van der Waals surface area contributed by atoms with Crippen molar-refractivity contribution in [3.05, 3.63) is 0 Å². The van der Waals surface area contributed by atoms with Crippen LogP contribution in [0.1, 0.15) is 13.3 Å². The zero-order valence-electron chi connectivity index (χ0n) is 7.86. The molecular formula is C3H19N3O5S. The summed E-state index contributed by atoms with van der Waals surface area (Å²) in [7, 11) is -5.17. The maximum absolute atomic E-state index is 9.30. The minimum atomic E-state index is -5.17. The molecule has 0 aromatic rings. The monoisotopic (exact) mass is 209 g/mol. The lowest BCUT2D eigenvalue weighted by atomic mass is 10.5. The van der Waals surface area contributed by atoms with Crippen LogP contribution in [0.15, 0.2) is 0 Å². The Hall–Kier alpha value is -0.290. The van der Waals surface area contributed by atoms with Crippen molar-refractivity contribution in [2.24, 2.45) is 0 Å². The predicted molar refractivity (Wildman–Crippen MR) is 43.6 cm³/mol. The summed E-state index contributed by atoms with van der Waals surface area (Å²) >= 11 is 0. The van der Waals surface area contributed by atoms with Gasteiger partial charge in [0.2, 0.25) is 0 Å². The zero-order chi connectivity index (χ0) is 7.91. The third-order valence-electron chi connectivity index (χ3n) is 0.204. The van der Waals surface area contributed by atoms with Gasteiger partial charge >= 0.3 is 0 Å². The number of hydrogen-bond donors (Lipinski definition) is 3. The lowest BCUT2D eigenvalue weighted by molar-refractivity contribution is -0.367. The van der Waals surface area contributed by atoms with Gasteiger partial charge in [-0.25, -0.2) is 0 Å². The fourth-order valence-corrected chi connectivity index (χ4v) is 0. The SMILES string of the molecule is CCC[O-].O=S(=O)([O-])[O-].[NH4+].[NH4+].[NH4+].